The van der Waals surface area contributed by atoms with Gasteiger partial charge in [0, 0.05) is 16.5 Å². The van der Waals surface area contributed by atoms with Crippen LogP contribution in [0.1, 0.15) is 30.1 Å². The molecule has 3 N–H and O–H groups in total. The van der Waals surface area contributed by atoms with Crippen molar-refractivity contribution in [2.75, 3.05) is 5.43 Å². The molecular weight excluding hydrogens is 320 g/mol. The minimum absolute atomic E-state index is 0.455. The van der Waals surface area contributed by atoms with Gasteiger partial charge in [0.2, 0.25) is 5.88 Å². The summed E-state index contributed by atoms with van der Waals surface area (Å²) in [5.74, 6) is 7.84. The van der Waals surface area contributed by atoms with Crippen LogP contribution in [0.3, 0.4) is 0 Å². The molecule has 1 aromatic carbocycles. The Morgan fingerprint density at radius 1 is 1.30 bits per heavy atom. The number of rotatable bonds is 5. The molecule has 1 aromatic heterocycles. The van der Waals surface area contributed by atoms with E-state index in [1.54, 1.807) is 6.07 Å². The maximum atomic E-state index is 5.74. The van der Waals surface area contributed by atoms with Gasteiger partial charge in [-0.3, -0.25) is 0 Å². The lowest BCUT2D eigenvalue weighted by Gasteiger charge is -2.09. The van der Waals surface area contributed by atoms with Gasteiger partial charge in [0.25, 0.3) is 0 Å². The van der Waals surface area contributed by atoms with Crippen molar-refractivity contribution in [3.05, 3.63) is 46.2 Å². The van der Waals surface area contributed by atoms with Crippen LogP contribution >= 0.6 is 15.9 Å². The number of ether oxygens (including phenoxy) is 1. The average molecular weight is 335 g/mol. The van der Waals surface area contributed by atoms with E-state index in [1.807, 2.05) is 24.3 Å². The topological polar surface area (TPSA) is 73.1 Å². The molecule has 2 aromatic rings. The second-order valence-corrected chi connectivity index (χ2v) is 5.70. The number of nitrogens with two attached hydrogens (primary N) is 1. The van der Waals surface area contributed by atoms with Crippen LogP contribution in [-0.2, 0) is 6.61 Å². The van der Waals surface area contributed by atoms with Gasteiger partial charge in [-0.25, -0.2) is 10.8 Å². The van der Waals surface area contributed by atoms with Crippen LogP contribution in [-0.4, -0.2) is 9.97 Å². The average Bonchev–Trinajstić information content (AvgIpc) is 3.29. The van der Waals surface area contributed by atoms with Crippen LogP contribution in [0.15, 0.2) is 34.8 Å². The molecule has 1 saturated carbocycles. The van der Waals surface area contributed by atoms with Crippen molar-refractivity contribution in [2.45, 2.75) is 25.4 Å². The number of benzene rings is 1. The van der Waals surface area contributed by atoms with Crippen LogP contribution in [0.2, 0.25) is 0 Å². The number of nitrogens with one attached hydrogen (secondary N) is 1. The number of hydrazine groups is 1. The van der Waals surface area contributed by atoms with Crippen molar-refractivity contribution in [2.24, 2.45) is 5.84 Å². The van der Waals surface area contributed by atoms with E-state index in [1.165, 1.54) is 0 Å². The lowest BCUT2D eigenvalue weighted by molar-refractivity contribution is 0.292. The maximum absolute atomic E-state index is 5.74. The van der Waals surface area contributed by atoms with Crippen LogP contribution in [0.5, 0.6) is 5.88 Å². The molecule has 0 bridgehead atoms. The Kier molecular flexibility index (Phi) is 3.84. The Balaban J connectivity index is 1.74. The van der Waals surface area contributed by atoms with E-state index in [-0.39, 0.29) is 0 Å². The predicted octanol–water partition coefficient (Wildman–Crippen LogP) is 2.98. The van der Waals surface area contributed by atoms with E-state index >= 15 is 0 Å². The van der Waals surface area contributed by atoms with Crippen molar-refractivity contribution in [3.63, 3.8) is 0 Å². The van der Waals surface area contributed by atoms with Gasteiger partial charge in [0.15, 0.2) is 0 Å². The van der Waals surface area contributed by atoms with E-state index in [0.717, 1.165) is 28.7 Å². The highest BCUT2D eigenvalue weighted by atomic mass is 79.9. The van der Waals surface area contributed by atoms with Crippen molar-refractivity contribution in [1.82, 2.24) is 9.97 Å². The summed E-state index contributed by atoms with van der Waals surface area (Å²) in [5.41, 5.74) is 3.64. The number of hydrogen-bond acceptors (Lipinski definition) is 5. The standard InChI is InChI=1S/C14H15BrN4O/c15-11-3-1-2-9(6-11)8-20-13-7-12(19-16)17-14(18-13)10-4-5-10/h1-3,6-7,10H,4-5,8,16H2,(H,17,18,19). The number of anilines is 1. The van der Waals surface area contributed by atoms with Crippen LogP contribution < -0.4 is 16.0 Å². The normalized spacial score (nSPS) is 14.1. The lowest BCUT2D eigenvalue weighted by atomic mass is 10.2. The summed E-state index contributed by atoms with van der Waals surface area (Å²) >= 11 is 3.44. The Labute approximate surface area is 125 Å². The first-order valence-electron chi connectivity index (χ1n) is 6.47. The monoisotopic (exact) mass is 334 g/mol. The van der Waals surface area contributed by atoms with E-state index in [4.69, 9.17) is 10.6 Å². The third kappa shape index (κ3) is 3.26. The molecule has 0 atom stereocenters. The fourth-order valence-electron chi connectivity index (χ4n) is 1.90. The molecule has 1 fully saturated rings. The summed E-state index contributed by atoms with van der Waals surface area (Å²) in [6.07, 6.45) is 2.28. The first-order chi connectivity index (χ1) is 9.74. The summed E-state index contributed by atoms with van der Waals surface area (Å²) in [7, 11) is 0. The third-order valence-electron chi connectivity index (χ3n) is 3.09. The van der Waals surface area contributed by atoms with Crippen molar-refractivity contribution < 1.29 is 4.74 Å². The molecule has 104 valence electrons. The van der Waals surface area contributed by atoms with Crippen molar-refractivity contribution in [1.29, 1.82) is 0 Å². The zero-order valence-electron chi connectivity index (χ0n) is 10.8. The van der Waals surface area contributed by atoms with Gasteiger partial charge in [0.1, 0.15) is 18.2 Å². The van der Waals surface area contributed by atoms with E-state index in [2.05, 4.69) is 31.3 Å². The molecule has 0 spiro atoms. The largest absolute Gasteiger partial charge is 0.473 e. The van der Waals surface area contributed by atoms with Gasteiger partial charge in [0.05, 0.1) is 0 Å². The lowest BCUT2D eigenvalue weighted by Crippen LogP contribution is -2.11. The zero-order chi connectivity index (χ0) is 13.9. The SMILES string of the molecule is NNc1cc(OCc2cccc(Br)c2)nc(C2CC2)n1. The van der Waals surface area contributed by atoms with Gasteiger partial charge in [-0.2, -0.15) is 4.98 Å². The number of hydrogen-bond donors (Lipinski definition) is 2. The Bertz CT molecular complexity index is 616. The molecule has 0 amide bonds. The zero-order valence-corrected chi connectivity index (χ0v) is 12.4. The summed E-state index contributed by atoms with van der Waals surface area (Å²) in [5, 5.41) is 0. The summed E-state index contributed by atoms with van der Waals surface area (Å²) < 4.78 is 6.77. The molecule has 0 aliphatic heterocycles. The van der Waals surface area contributed by atoms with Gasteiger partial charge in [-0.05, 0) is 30.5 Å². The quantitative estimate of drug-likeness (QED) is 0.649. The Hall–Kier alpha value is -1.66. The van der Waals surface area contributed by atoms with Gasteiger partial charge in [-0.1, -0.05) is 28.1 Å². The molecule has 1 heterocycles. The Morgan fingerprint density at radius 3 is 2.85 bits per heavy atom. The molecule has 0 unspecified atom stereocenters. The van der Waals surface area contributed by atoms with Crippen LogP contribution in [0, 0.1) is 0 Å². The highest BCUT2D eigenvalue weighted by Crippen LogP contribution is 2.39. The number of halogens is 1. The Morgan fingerprint density at radius 2 is 2.15 bits per heavy atom. The highest BCUT2D eigenvalue weighted by Gasteiger charge is 2.27. The molecule has 5 nitrogen and oxygen atoms in total. The van der Waals surface area contributed by atoms with Gasteiger partial charge < -0.3 is 10.2 Å². The molecule has 6 heteroatoms. The number of nitrogen functional groups attached to an aromatic ring is 1. The fourth-order valence-corrected chi connectivity index (χ4v) is 2.35. The van der Waals surface area contributed by atoms with Crippen LogP contribution in [0.4, 0.5) is 5.82 Å². The number of nitrogens with zero attached hydrogens (tertiary/aromatic N) is 2. The molecule has 3 rings (SSSR count). The minimum atomic E-state index is 0.455. The van der Waals surface area contributed by atoms with E-state index in [9.17, 15) is 0 Å². The predicted molar refractivity (Wildman–Crippen MR) is 80.3 cm³/mol. The molecule has 0 radical (unpaired) electrons. The molecule has 20 heavy (non-hydrogen) atoms. The second kappa shape index (κ2) is 5.76. The fraction of sp³-hybridized carbons (Fsp3) is 0.286. The second-order valence-electron chi connectivity index (χ2n) is 4.79. The van der Waals surface area contributed by atoms with E-state index < -0.39 is 0 Å². The summed E-state index contributed by atoms with van der Waals surface area (Å²) in [6.45, 7) is 0.463. The molecule has 1 aliphatic carbocycles. The summed E-state index contributed by atoms with van der Waals surface area (Å²) in [6, 6.07) is 9.70. The molecular formula is C14H15BrN4O. The smallest absolute Gasteiger partial charge is 0.219 e. The van der Waals surface area contributed by atoms with Gasteiger partial charge >= 0.3 is 0 Å². The highest BCUT2D eigenvalue weighted by molar-refractivity contribution is 9.10. The maximum Gasteiger partial charge on any atom is 0.219 e. The van der Waals surface area contributed by atoms with E-state index in [0.29, 0.717) is 24.2 Å². The third-order valence-corrected chi connectivity index (χ3v) is 3.58. The number of aromatic nitrogens is 2. The molecule has 1 aliphatic rings. The first kappa shape index (κ1) is 13.3. The van der Waals surface area contributed by atoms with Crippen molar-refractivity contribution >= 4 is 21.7 Å². The minimum Gasteiger partial charge on any atom is -0.473 e. The van der Waals surface area contributed by atoms with Gasteiger partial charge in [-0.15, -0.1) is 0 Å². The first-order valence-corrected chi connectivity index (χ1v) is 7.27. The van der Waals surface area contributed by atoms with Crippen molar-refractivity contribution in [3.8, 4) is 5.88 Å². The van der Waals surface area contributed by atoms with Crippen LogP contribution in [0.25, 0.3) is 0 Å². The summed E-state index contributed by atoms with van der Waals surface area (Å²) in [4.78, 5) is 8.79. The molecule has 0 saturated heterocycles.